The molecule has 0 saturated heterocycles. The number of rotatable bonds is 9. The number of hydrogen-bond acceptors (Lipinski definition) is 3. The average Bonchev–Trinajstić information content (AvgIpc) is 2.81. The average molecular weight is 325 g/mol. The molecular formula is C16H21ClN2O3. The Balaban J connectivity index is 2.14. The van der Waals surface area contributed by atoms with E-state index in [0.29, 0.717) is 24.7 Å². The van der Waals surface area contributed by atoms with Crippen LogP contribution >= 0.6 is 11.6 Å². The molecule has 0 aliphatic rings. The van der Waals surface area contributed by atoms with Gasteiger partial charge in [-0.1, -0.05) is 11.6 Å². The first-order valence-electron chi connectivity index (χ1n) is 7.56. The Morgan fingerprint density at radius 2 is 2.23 bits per heavy atom. The molecule has 0 spiro atoms. The zero-order valence-electron chi connectivity index (χ0n) is 12.7. The second-order valence-corrected chi connectivity index (χ2v) is 5.55. The highest BCUT2D eigenvalue weighted by Gasteiger charge is 2.11. The normalized spacial score (nSPS) is 11.2. The van der Waals surface area contributed by atoms with Crippen LogP contribution in [0.15, 0.2) is 18.2 Å². The van der Waals surface area contributed by atoms with Gasteiger partial charge in [0.15, 0.2) is 0 Å². The van der Waals surface area contributed by atoms with E-state index < -0.39 is 5.97 Å². The van der Waals surface area contributed by atoms with Crippen molar-refractivity contribution < 1.29 is 14.6 Å². The van der Waals surface area contributed by atoms with Crippen LogP contribution in [0.3, 0.4) is 0 Å². The Bertz CT molecular complexity index is 640. The van der Waals surface area contributed by atoms with Crippen molar-refractivity contribution in [1.29, 1.82) is 0 Å². The van der Waals surface area contributed by atoms with Crippen LogP contribution in [0, 0.1) is 0 Å². The molecule has 6 heteroatoms. The molecule has 120 valence electrons. The van der Waals surface area contributed by atoms with Gasteiger partial charge in [-0.25, -0.2) is 4.98 Å². The zero-order chi connectivity index (χ0) is 15.9. The van der Waals surface area contributed by atoms with Crippen molar-refractivity contribution in [2.45, 2.75) is 39.2 Å². The van der Waals surface area contributed by atoms with E-state index in [1.54, 1.807) is 0 Å². The number of aliphatic carboxylic acids is 1. The number of halogens is 1. The Labute approximate surface area is 134 Å². The van der Waals surface area contributed by atoms with Gasteiger partial charge in [-0.2, -0.15) is 0 Å². The minimum atomic E-state index is -0.753. The first kappa shape index (κ1) is 16.8. The number of ether oxygens (including phenoxy) is 1. The lowest BCUT2D eigenvalue weighted by atomic mass is 10.2. The van der Waals surface area contributed by atoms with Crippen LogP contribution in [0.25, 0.3) is 11.0 Å². The van der Waals surface area contributed by atoms with Gasteiger partial charge in [-0.3, -0.25) is 4.79 Å². The second kappa shape index (κ2) is 8.15. The number of carboxylic acid groups (broad SMARTS) is 1. The van der Waals surface area contributed by atoms with Crippen LogP contribution in [-0.4, -0.2) is 33.8 Å². The van der Waals surface area contributed by atoms with E-state index in [0.717, 1.165) is 36.2 Å². The minimum absolute atomic E-state index is 0.199. The molecule has 0 unspecified atom stereocenters. The standard InChI is InChI=1S/C16H21ClN2O3/c1-2-22-10-9-19-14-8-7-12(17)11-13(14)18-15(19)5-3-4-6-16(20)21/h7-8,11H,2-6,9-10H2,1H3,(H,20,21). The summed E-state index contributed by atoms with van der Waals surface area (Å²) in [6, 6.07) is 5.68. The minimum Gasteiger partial charge on any atom is -0.481 e. The number of fused-ring (bicyclic) bond motifs is 1. The summed E-state index contributed by atoms with van der Waals surface area (Å²) in [4.78, 5) is 15.2. The number of benzene rings is 1. The van der Waals surface area contributed by atoms with Gasteiger partial charge >= 0.3 is 5.97 Å². The van der Waals surface area contributed by atoms with Crippen LogP contribution in [0.1, 0.15) is 32.0 Å². The van der Waals surface area contributed by atoms with E-state index in [1.807, 2.05) is 25.1 Å². The maximum Gasteiger partial charge on any atom is 0.303 e. The van der Waals surface area contributed by atoms with E-state index in [2.05, 4.69) is 9.55 Å². The van der Waals surface area contributed by atoms with E-state index in [-0.39, 0.29) is 6.42 Å². The molecule has 0 fully saturated rings. The number of unbranched alkanes of at least 4 members (excludes halogenated alkanes) is 1. The van der Waals surface area contributed by atoms with Crippen molar-refractivity contribution in [3.05, 3.63) is 29.0 Å². The maximum absolute atomic E-state index is 10.6. The van der Waals surface area contributed by atoms with Crippen molar-refractivity contribution in [2.75, 3.05) is 13.2 Å². The third kappa shape index (κ3) is 4.45. The van der Waals surface area contributed by atoms with Gasteiger partial charge in [0.2, 0.25) is 0 Å². The fourth-order valence-corrected chi connectivity index (χ4v) is 2.62. The summed E-state index contributed by atoms with van der Waals surface area (Å²) >= 11 is 6.03. The third-order valence-electron chi connectivity index (χ3n) is 3.49. The molecule has 1 heterocycles. The molecule has 5 nitrogen and oxygen atoms in total. The predicted molar refractivity (Wildman–Crippen MR) is 86.4 cm³/mol. The lowest BCUT2D eigenvalue weighted by Gasteiger charge is -2.09. The number of aromatic nitrogens is 2. The summed E-state index contributed by atoms with van der Waals surface area (Å²) in [7, 11) is 0. The summed E-state index contributed by atoms with van der Waals surface area (Å²) in [5.41, 5.74) is 1.91. The number of carboxylic acids is 1. The van der Waals surface area contributed by atoms with Crippen LogP contribution in [0.4, 0.5) is 0 Å². The zero-order valence-corrected chi connectivity index (χ0v) is 13.5. The van der Waals surface area contributed by atoms with Crippen molar-refractivity contribution >= 4 is 28.6 Å². The lowest BCUT2D eigenvalue weighted by Crippen LogP contribution is -2.09. The number of aryl methyl sites for hydroxylation is 1. The lowest BCUT2D eigenvalue weighted by molar-refractivity contribution is -0.137. The summed E-state index contributed by atoms with van der Waals surface area (Å²) in [5, 5.41) is 9.37. The van der Waals surface area contributed by atoms with Crippen LogP contribution in [0.2, 0.25) is 5.02 Å². The van der Waals surface area contributed by atoms with E-state index in [4.69, 9.17) is 21.4 Å². The number of imidazole rings is 1. The van der Waals surface area contributed by atoms with Crippen molar-refractivity contribution in [3.63, 3.8) is 0 Å². The van der Waals surface area contributed by atoms with Gasteiger partial charge in [0.25, 0.3) is 0 Å². The predicted octanol–water partition coefficient (Wildman–Crippen LogP) is 3.52. The molecule has 0 atom stereocenters. The van der Waals surface area contributed by atoms with Gasteiger partial charge in [-0.15, -0.1) is 0 Å². The number of hydrogen-bond donors (Lipinski definition) is 1. The molecule has 1 aromatic carbocycles. The molecule has 0 aliphatic heterocycles. The van der Waals surface area contributed by atoms with Gasteiger partial charge in [0, 0.05) is 31.0 Å². The number of carbonyl (C=O) groups is 1. The SMILES string of the molecule is CCOCCn1c(CCCCC(=O)O)nc2cc(Cl)ccc21. The molecule has 0 radical (unpaired) electrons. The van der Waals surface area contributed by atoms with Gasteiger partial charge in [-0.05, 0) is 38.0 Å². The quantitative estimate of drug-likeness (QED) is 0.717. The fraction of sp³-hybridized carbons (Fsp3) is 0.500. The second-order valence-electron chi connectivity index (χ2n) is 5.11. The Morgan fingerprint density at radius 1 is 1.41 bits per heavy atom. The first-order chi connectivity index (χ1) is 10.6. The monoisotopic (exact) mass is 324 g/mol. The van der Waals surface area contributed by atoms with Crippen molar-refractivity contribution in [2.24, 2.45) is 0 Å². The first-order valence-corrected chi connectivity index (χ1v) is 7.93. The van der Waals surface area contributed by atoms with Gasteiger partial charge < -0.3 is 14.4 Å². The van der Waals surface area contributed by atoms with Crippen LogP contribution in [0.5, 0.6) is 0 Å². The molecule has 1 N–H and O–H groups in total. The highest BCUT2D eigenvalue weighted by molar-refractivity contribution is 6.31. The van der Waals surface area contributed by atoms with Crippen LogP contribution in [-0.2, 0) is 22.5 Å². The number of nitrogens with zero attached hydrogens (tertiary/aromatic N) is 2. The Morgan fingerprint density at radius 3 is 2.95 bits per heavy atom. The molecule has 0 bridgehead atoms. The fourth-order valence-electron chi connectivity index (χ4n) is 2.45. The molecule has 0 saturated carbocycles. The molecule has 22 heavy (non-hydrogen) atoms. The van der Waals surface area contributed by atoms with E-state index in [1.165, 1.54) is 0 Å². The Kier molecular flexibility index (Phi) is 6.21. The molecule has 2 rings (SSSR count). The van der Waals surface area contributed by atoms with E-state index >= 15 is 0 Å². The smallest absolute Gasteiger partial charge is 0.303 e. The maximum atomic E-state index is 10.6. The highest BCUT2D eigenvalue weighted by Crippen LogP contribution is 2.21. The van der Waals surface area contributed by atoms with Gasteiger partial charge in [0.1, 0.15) is 5.82 Å². The Hall–Kier alpha value is -1.59. The van der Waals surface area contributed by atoms with Crippen molar-refractivity contribution in [1.82, 2.24) is 9.55 Å². The molecule has 2 aromatic rings. The third-order valence-corrected chi connectivity index (χ3v) is 3.73. The summed E-state index contributed by atoms with van der Waals surface area (Å²) < 4.78 is 7.58. The summed E-state index contributed by atoms with van der Waals surface area (Å²) in [5.74, 6) is 0.207. The van der Waals surface area contributed by atoms with Crippen LogP contribution < -0.4 is 0 Å². The van der Waals surface area contributed by atoms with Crippen molar-refractivity contribution in [3.8, 4) is 0 Å². The highest BCUT2D eigenvalue weighted by atomic mass is 35.5. The molecule has 0 aliphatic carbocycles. The summed E-state index contributed by atoms with van der Waals surface area (Å²) in [6.45, 7) is 4.03. The molecular weight excluding hydrogens is 304 g/mol. The summed E-state index contributed by atoms with van der Waals surface area (Å²) in [6.07, 6.45) is 2.42. The molecule has 1 aromatic heterocycles. The van der Waals surface area contributed by atoms with E-state index in [9.17, 15) is 4.79 Å². The molecule has 0 amide bonds. The van der Waals surface area contributed by atoms with Gasteiger partial charge in [0.05, 0.1) is 17.6 Å². The topological polar surface area (TPSA) is 64.3 Å². The largest absolute Gasteiger partial charge is 0.481 e.